The van der Waals surface area contributed by atoms with Gasteiger partial charge in [0.2, 0.25) is 0 Å². The molecule has 3 N–H and O–H groups in total. The largest absolute Gasteiger partial charge is 0.493 e. The number of nitrogens with one attached hydrogen (secondary N) is 3. The highest BCUT2D eigenvalue weighted by Crippen LogP contribution is 2.35. The first-order chi connectivity index (χ1) is 23.2. The number of benzene rings is 4. The van der Waals surface area contributed by atoms with Crippen LogP contribution in [0, 0.1) is 0 Å². The minimum Gasteiger partial charge on any atom is -0.493 e. The van der Waals surface area contributed by atoms with Crippen LogP contribution in [0.25, 0.3) is 10.8 Å². The smallest absolute Gasteiger partial charge is 0.338 e. The Morgan fingerprint density at radius 3 is 2.58 bits per heavy atom. The van der Waals surface area contributed by atoms with E-state index in [2.05, 4.69) is 71.2 Å². The molecule has 248 valence electrons. The predicted octanol–water partition coefficient (Wildman–Crippen LogP) is 6.67. The van der Waals surface area contributed by atoms with Crippen molar-refractivity contribution in [1.82, 2.24) is 16.1 Å². The zero-order chi connectivity index (χ0) is 34.2. The van der Waals surface area contributed by atoms with Crippen LogP contribution in [0.5, 0.6) is 17.2 Å². The molecule has 5 rings (SSSR count). The Balaban J connectivity index is 1.24. The normalized spacial score (nSPS) is 14.4. The molecule has 13 heteroatoms. The molecule has 0 saturated heterocycles. The Morgan fingerprint density at radius 2 is 1.79 bits per heavy atom. The summed E-state index contributed by atoms with van der Waals surface area (Å²) < 4.78 is 24.2. The van der Waals surface area contributed by atoms with Gasteiger partial charge in [-0.05, 0) is 75.9 Å². The maximum Gasteiger partial charge on any atom is 0.338 e. The molecule has 0 unspecified atom stereocenters. The third-order valence-electron chi connectivity index (χ3n) is 7.33. The van der Waals surface area contributed by atoms with Crippen LogP contribution in [0.2, 0.25) is 0 Å². The molecule has 1 heterocycles. The van der Waals surface area contributed by atoms with E-state index in [0.29, 0.717) is 39.4 Å². The van der Waals surface area contributed by atoms with Gasteiger partial charge in [0, 0.05) is 15.7 Å². The average molecular weight is 780 g/mol. The topological polar surface area (TPSA) is 137 Å². The lowest BCUT2D eigenvalue weighted by Crippen LogP contribution is -2.45. The van der Waals surface area contributed by atoms with Gasteiger partial charge in [-0.15, -0.1) is 0 Å². The summed E-state index contributed by atoms with van der Waals surface area (Å²) in [6.07, 6.45) is 1.49. The molecular weight excluding hydrogens is 748 g/mol. The number of methoxy groups -OCH3 is 1. The Bertz CT molecular complexity index is 1920. The second kappa shape index (κ2) is 15.8. The number of carbonyl (C=O) groups is 3. The molecule has 4 aromatic rings. The minimum atomic E-state index is -0.780. The van der Waals surface area contributed by atoms with Gasteiger partial charge in [0.15, 0.2) is 18.1 Å². The maximum atomic E-state index is 12.7. The number of fused-ring (bicyclic) bond motifs is 1. The molecule has 0 aromatic heterocycles. The summed E-state index contributed by atoms with van der Waals surface area (Å²) in [5.41, 5.74) is 5.35. The zero-order valence-corrected chi connectivity index (χ0v) is 29.4. The van der Waals surface area contributed by atoms with E-state index in [1.807, 2.05) is 36.4 Å². The van der Waals surface area contributed by atoms with Crippen LogP contribution in [0.3, 0.4) is 0 Å². The van der Waals surface area contributed by atoms with Crippen LogP contribution in [0.4, 0.5) is 4.79 Å². The molecule has 0 bridgehead atoms. The summed E-state index contributed by atoms with van der Waals surface area (Å²) in [5, 5.41) is 11.7. The Labute approximate surface area is 293 Å². The quantitative estimate of drug-likeness (QED) is 0.0830. The van der Waals surface area contributed by atoms with Crippen molar-refractivity contribution in [3.05, 3.63) is 110 Å². The number of hydrogen-bond donors (Lipinski definition) is 3. The number of halogens is 2. The first-order valence-electron chi connectivity index (χ1n) is 14.8. The molecule has 1 atom stereocenters. The Kier molecular flexibility index (Phi) is 11.3. The molecule has 11 nitrogen and oxygen atoms in total. The third-order valence-corrected chi connectivity index (χ3v) is 8.37. The molecule has 3 amide bonds. The van der Waals surface area contributed by atoms with E-state index in [1.54, 1.807) is 32.0 Å². The van der Waals surface area contributed by atoms with Gasteiger partial charge in [0.25, 0.3) is 5.91 Å². The fourth-order valence-electron chi connectivity index (χ4n) is 5.15. The van der Waals surface area contributed by atoms with Crippen LogP contribution in [0.1, 0.15) is 36.6 Å². The summed E-state index contributed by atoms with van der Waals surface area (Å²) in [6.45, 7) is 3.47. The van der Waals surface area contributed by atoms with Crippen molar-refractivity contribution in [3.8, 4) is 17.2 Å². The van der Waals surface area contributed by atoms with Crippen LogP contribution < -0.4 is 30.3 Å². The summed E-state index contributed by atoms with van der Waals surface area (Å²) in [7, 11) is 1.45. The van der Waals surface area contributed by atoms with Crippen molar-refractivity contribution in [2.24, 2.45) is 5.10 Å². The molecule has 0 fully saturated rings. The monoisotopic (exact) mass is 778 g/mol. The van der Waals surface area contributed by atoms with Crippen LogP contribution in [0.15, 0.2) is 98.1 Å². The van der Waals surface area contributed by atoms with Gasteiger partial charge in [-0.1, -0.05) is 64.5 Å². The van der Waals surface area contributed by atoms with Gasteiger partial charge in [0.1, 0.15) is 12.4 Å². The highest BCUT2D eigenvalue weighted by molar-refractivity contribution is 9.11. The maximum absolute atomic E-state index is 12.7. The number of ether oxygens (including phenoxy) is 4. The second-order valence-electron chi connectivity index (χ2n) is 10.5. The molecule has 0 saturated carbocycles. The lowest BCUT2D eigenvalue weighted by Gasteiger charge is -2.28. The van der Waals surface area contributed by atoms with Crippen LogP contribution in [-0.4, -0.2) is 44.4 Å². The van der Waals surface area contributed by atoms with E-state index in [1.165, 1.54) is 13.3 Å². The third kappa shape index (κ3) is 8.15. The standard InChI is InChI=1S/C35H32Br2N4O7/c1-4-46-34(43)31-20(2)39-35(44)40-32(31)22-12-13-28(29(15-22)45-3)47-19-30(42)41-38-17-24-14-25(36)16-27(37)33(24)48-18-23-10-7-9-21-8-5-6-11-26(21)23/h5-17,32H,4,18-19H2,1-3H3,(H,41,42)(H2,39,40,44)/b38-17+/t32-/m1/s1. The zero-order valence-electron chi connectivity index (χ0n) is 26.3. The van der Waals surface area contributed by atoms with Gasteiger partial charge in [-0.2, -0.15) is 5.10 Å². The number of carbonyl (C=O) groups excluding carboxylic acids is 3. The fraction of sp³-hybridized carbons (Fsp3) is 0.200. The molecule has 4 aromatic carbocycles. The highest BCUT2D eigenvalue weighted by atomic mass is 79.9. The van der Waals surface area contributed by atoms with Gasteiger partial charge in [0.05, 0.1) is 36.0 Å². The van der Waals surface area contributed by atoms with E-state index in [0.717, 1.165) is 20.8 Å². The first-order valence-corrected chi connectivity index (χ1v) is 16.4. The Hall–Kier alpha value is -4.88. The van der Waals surface area contributed by atoms with E-state index < -0.39 is 23.9 Å². The summed E-state index contributed by atoms with van der Waals surface area (Å²) in [4.78, 5) is 37.6. The molecule has 1 aliphatic rings. The molecule has 0 spiro atoms. The molecular formula is C35H32Br2N4O7. The van der Waals surface area contributed by atoms with Crippen LogP contribution >= 0.6 is 31.9 Å². The number of allylic oxidation sites excluding steroid dienone is 1. The van der Waals surface area contributed by atoms with Gasteiger partial charge >= 0.3 is 12.0 Å². The number of nitrogens with zero attached hydrogens (tertiary/aromatic N) is 1. The highest BCUT2D eigenvalue weighted by Gasteiger charge is 2.32. The SMILES string of the molecule is CCOC(=O)C1=C(C)NC(=O)N[C@@H]1c1ccc(OCC(=O)N/N=C/c2cc(Br)cc(Br)c2OCc2cccc3ccccc23)c(OC)c1. The molecule has 0 radical (unpaired) electrons. The van der Waals surface area contributed by atoms with Crippen molar-refractivity contribution >= 4 is 66.8 Å². The van der Waals surface area contributed by atoms with Gasteiger partial charge < -0.3 is 29.6 Å². The minimum absolute atomic E-state index is 0.180. The second-order valence-corrected chi connectivity index (χ2v) is 12.3. The van der Waals surface area contributed by atoms with Crippen molar-refractivity contribution in [1.29, 1.82) is 0 Å². The van der Waals surface area contributed by atoms with Crippen molar-refractivity contribution in [2.45, 2.75) is 26.5 Å². The van der Waals surface area contributed by atoms with E-state index >= 15 is 0 Å². The van der Waals surface area contributed by atoms with E-state index in [4.69, 9.17) is 18.9 Å². The first kappa shape index (κ1) is 34.5. The fourth-order valence-corrected chi connectivity index (χ4v) is 6.53. The van der Waals surface area contributed by atoms with Crippen molar-refractivity contribution < 1.29 is 33.3 Å². The van der Waals surface area contributed by atoms with Gasteiger partial charge in [-0.25, -0.2) is 15.0 Å². The lowest BCUT2D eigenvalue weighted by atomic mass is 9.95. The summed E-state index contributed by atoms with van der Waals surface area (Å²) in [6, 6.07) is 21.5. The van der Waals surface area contributed by atoms with Crippen molar-refractivity contribution in [2.75, 3.05) is 20.3 Å². The number of esters is 1. The number of hydrogen-bond acceptors (Lipinski definition) is 8. The van der Waals surface area contributed by atoms with Crippen molar-refractivity contribution in [3.63, 3.8) is 0 Å². The van der Waals surface area contributed by atoms with E-state index in [9.17, 15) is 14.4 Å². The molecule has 0 aliphatic carbocycles. The lowest BCUT2D eigenvalue weighted by molar-refractivity contribution is -0.139. The molecule has 1 aliphatic heterocycles. The van der Waals surface area contributed by atoms with E-state index in [-0.39, 0.29) is 24.5 Å². The summed E-state index contributed by atoms with van der Waals surface area (Å²) in [5.74, 6) is 0.0657. The number of rotatable bonds is 12. The molecule has 48 heavy (non-hydrogen) atoms. The number of urea groups is 1. The van der Waals surface area contributed by atoms with Gasteiger partial charge in [-0.3, -0.25) is 4.79 Å². The number of amides is 3. The number of hydrazone groups is 1. The predicted molar refractivity (Wildman–Crippen MR) is 188 cm³/mol. The average Bonchev–Trinajstić information content (AvgIpc) is 3.06. The Morgan fingerprint density at radius 1 is 1.00 bits per heavy atom. The van der Waals surface area contributed by atoms with Crippen LogP contribution in [-0.2, 0) is 20.9 Å². The summed E-state index contributed by atoms with van der Waals surface area (Å²) >= 11 is 7.07.